The normalized spacial score (nSPS) is 15.9. The largest absolute Gasteiger partial charge is 0.496 e. The van der Waals surface area contributed by atoms with Crippen LogP contribution in [0.3, 0.4) is 0 Å². The summed E-state index contributed by atoms with van der Waals surface area (Å²) in [4.78, 5) is 13.9. The van der Waals surface area contributed by atoms with Gasteiger partial charge in [-0.25, -0.2) is 0 Å². The average Bonchev–Trinajstić information content (AvgIpc) is 3.80. The third kappa shape index (κ3) is 11.4. The minimum atomic E-state index is 0. The molecule has 5 aromatic rings. The summed E-state index contributed by atoms with van der Waals surface area (Å²) in [5, 5.41) is 9.47. The second-order valence-corrected chi connectivity index (χ2v) is 16.1. The molecule has 0 saturated carbocycles. The van der Waals surface area contributed by atoms with Crippen LogP contribution in [0.15, 0.2) is 134 Å². The van der Waals surface area contributed by atoms with Crippen LogP contribution in [0.1, 0.15) is 46.4 Å². The molecule has 0 bridgehead atoms. The molecule has 58 heavy (non-hydrogen) atoms. The number of hydrogen-bond donors (Lipinski definition) is 1. The minimum absolute atomic E-state index is 0. The number of aliphatic hydroxyl groups is 1. The van der Waals surface area contributed by atoms with Gasteiger partial charge in [0.15, 0.2) is 0 Å². The molecule has 2 heterocycles. The van der Waals surface area contributed by atoms with Crippen LogP contribution >= 0.6 is 31.9 Å². The highest BCUT2D eigenvalue weighted by Crippen LogP contribution is 2.28. The van der Waals surface area contributed by atoms with Crippen molar-refractivity contribution in [2.75, 3.05) is 54.6 Å². The summed E-state index contributed by atoms with van der Waals surface area (Å²) in [6.45, 7) is 2.83. The van der Waals surface area contributed by atoms with Gasteiger partial charge in [-0.05, 0) is 89.9 Å². The Labute approximate surface area is 361 Å². The van der Waals surface area contributed by atoms with Crippen molar-refractivity contribution < 1.29 is 19.3 Å². The molecule has 0 fully saturated rings. The number of amidine groups is 2. The van der Waals surface area contributed by atoms with Crippen molar-refractivity contribution in [3.05, 3.63) is 163 Å². The Morgan fingerprint density at radius 2 is 1.05 bits per heavy atom. The van der Waals surface area contributed by atoms with E-state index in [9.17, 15) is 5.11 Å². The lowest BCUT2D eigenvalue weighted by Crippen LogP contribution is -2.37. The van der Waals surface area contributed by atoms with E-state index < -0.39 is 0 Å². The van der Waals surface area contributed by atoms with Crippen molar-refractivity contribution in [2.24, 2.45) is 9.98 Å². The second kappa shape index (κ2) is 22.0. The molecule has 2 unspecified atom stereocenters. The molecule has 0 radical (unpaired) electrons. The van der Waals surface area contributed by atoms with Gasteiger partial charge in [0.2, 0.25) is 0 Å². The van der Waals surface area contributed by atoms with E-state index in [-0.39, 0.29) is 26.1 Å². The highest BCUT2D eigenvalue weighted by atomic mass is 79.9. The number of aryl methyl sites for hydroxylation is 4. The Hall–Kier alpha value is -4.48. The summed E-state index contributed by atoms with van der Waals surface area (Å²) in [6.07, 6.45) is 3.62. The lowest BCUT2D eigenvalue weighted by Gasteiger charge is -2.24. The molecule has 8 nitrogen and oxygen atoms in total. The molecular formula is C48H56Br2N4O4. The zero-order valence-electron chi connectivity index (χ0n) is 33.2. The fraction of sp³-hybridized carbons (Fsp3) is 0.333. The van der Waals surface area contributed by atoms with Gasteiger partial charge in [-0.3, -0.25) is 9.98 Å². The number of hydrogen-bond acceptors (Lipinski definition) is 8. The Balaban J connectivity index is 0.000000224. The summed E-state index contributed by atoms with van der Waals surface area (Å²) in [5.74, 6) is 3.86. The third-order valence-electron chi connectivity index (χ3n) is 10.6. The van der Waals surface area contributed by atoms with Gasteiger partial charge >= 0.3 is 0 Å². The second-order valence-electron chi connectivity index (χ2n) is 14.3. The smallest absolute Gasteiger partial charge is 0.131 e. The fourth-order valence-corrected chi connectivity index (χ4v) is 8.13. The average molecular weight is 913 g/mol. The Bertz CT molecular complexity index is 2140. The molecule has 10 heteroatoms. The van der Waals surface area contributed by atoms with Gasteiger partial charge in [-0.15, -0.1) is 0 Å². The van der Waals surface area contributed by atoms with Crippen molar-refractivity contribution in [1.82, 2.24) is 9.80 Å². The van der Waals surface area contributed by atoms with E-state index in [1.54, 1.807) is 14.2 Å². The van der Waals surface area contributed by atoms with Gasteiger partial charge in [-0.1, -0.05) is 118 Å². The van der Waals surface area contributed by atoms with Crippen molar-refractivity contribution in [1.29, 1.82) is 0 Å². The minimum Gasteiger partial charge on any atom is -0.496 e. The van der Waals surface area contributed by atoms with Crippen LogP contribution in [-0.4, -0.2) is 93.3 Å². The predicted octanol–water partition coefficient (Wildman–Crippen LogP) is 9.45. The van der Waals surface area contributed by atoms with Crippen LogP contribution in [0.4, 0.5) is 0 Å². The van der Waals surface area contributed by atoms with Gasteiger partial charge in [0, 0.05) is 34.2 Å². The predicted molar refractivity (Wildman–Crippen MR) is 245 cm³/mol. The molecular weight excluding hydrogens is 856 g/mol. The van der Waals surface area contributed by atoms with E-state index in [1.807, 2.05) is 55.6 Å². The SMILES string of the molecule is C.COc1ccc(Br)cc1CCc1ccccc1C1=NCC(CO)N1C.COc1ccc(Br)cc1CCc1ccccc1C1=NCC(COCc2ccccc2)N1C. The first kappa shape index (κ1) is 44.6. The van der Waals surface area contributed by atoms with E-state index in [2.05, 4.69) is 120 Å². The molecule has 7 rings (SSSR count). The number of rotatable bonds is 15. The number of benzene rings is 5. The number of halogens is 2. The molecule has 2 aliphatic rings. The fourth-order valence-electron chi connectivity index (χ4n) is 7.32. The monoisotopic (exact) mass is 910 g/mol. The molecule has 306 valence electrons. The van der Waals surface area contributed by atoms with Crippen LogP contribution in [0.25, 0.3) is 0 Å². The zero-order chi connectivity index (χ0) is 40.1. The molecule has 0 amide bonds. The first-order valence-electron chi connectivity index (χ1n) is 19.4. The molecule has 5 aromatic carbocycles. The summed E-state index contributed by atoms with van der Waals surface area (Å²) in [7, 11) is 7.55. The summed E-state index contributed by atoms with van der Waals surface area (Å²) in [5.41, 5.74) is 8.49. The van der Waals surface area contributed by atoms with E-state index in [0.29, 0.717) is 19.8 Å². The van der Waals surface area contributed by atoms with E-state index >= 15 is 0 Å². The molecule has 0 spiro atoms. The summed E-state index contributed by atoms with van der Waals surface area (Å²) < 4.78 is 19.2. The molecule has 0 aromatic heterocycles. The van der Waals surface area contributed by atoms with Crippen molar-refractivity contribution in [2.45, 2.75) is 51.8 Å². The van der Waals surface area contributed by atoms with Crippen LogP contribution in [0.5, 0.6) is 11.5 Å². The van der Waals surface area contributed by atoms with Crippen molar-refractivity contribution >= 4 is 43.5 Å². The lowest BCUT2D eigenvalue weighted by molar-refractivity contribution is 0.0866. The van der Waals surface area contributed by atoms with Crippen molar-refractivity contribution in [3.63, 3.8) is 0 Å². The number of aliphatic hydroxyl groups excluding tert-OH is 1. The molecule has 2 aliphatic heterocycles. The standard InChI is InChI=1S/C27H29BrN2O2.C20H23BrN2O2.CH4/c1-30-24(19-32-18-20-8-4-3-5-9-20)17-29-27(30)25-11-7-6-10-21(25)12-13-22-16-23(28)14-15-26(22)31-2;1-23-17(13-24)12-22-20(23)18-6-4-3-5-14(18)7-8-15-11-16(21)9-10-19(15)25-2;/h3-11,14-16,24H,12-13,17-19H2,1-2H3;3-6,9-11,17,24H,7-8,12-13H2,1-2H3;1H4. The maximum atomic E-state index is 9.47. The number of likely N-dealkylation sites (N-methyl/N-ethyl adjacent to an activating group) is 2. The van der Waals surface area contributed by atoms with Gasteiger partial charge in [0.25, 0.3) is 0 Å². The Kier molecular flexibility index (Phi) is 17.0. The van der Waals surface area contributed by atoms with Gasteiger partial charge in [-0.2, -0.15) is 0 Å². The summed E-state index contributed by atoms with van der Waals surface area (Å²) in [6, 6.07) is 39.9. The first-order chi connectivity index (χ1) is 27.8. The lowest BCUT2D eigenvalue weighted by atomic mass is 9.98. The maximum Gasteiger partial charge on any atom is 0.131 e. The van der Waals surface area contributed by atoms with E-state index in [4.69, 9.17) is 19.2 Å². The highest BCUT2D eigenvalue weighted by molar-refractivity contribution is 9.10. The molecule has 2 atom stereocenters. The summed E-state index contributed by atoms with van der Waals surface area (Å²) >= 11 is 7.11. The molecule has 1 N–H and O–H groups in total. The quantitative estimate of drug-likeness (QED) is 0.113. The van der Waals surface area contributed by atoms with Gasteiger partial charge in [0.1, 0.15) is 23.2 Å². The van der Waals surface area contributed by atoms with Crippen LogP contribution in [0, 0.1) is 0 Å². The van der Waals surface area contributed by atoms with Gasteiger partial charge < -0.3 is 29.1 Å². The van der Waals surface area contributed by atoms with Gasteiger partial charge in [0.05, 0.1) is 59.2 Å². The zero-order valence-corrected chi connectivity index (χ0v) is 36.4. The van der Waals surface area contributed by atoms with E-state index in [1.165, 1.54) is 33.4 Å². The van der Waals surface area contributed by atoms with Crippen molar-refractivity contribution in [3.8, 4) is 11.5 Å². The van der Waals surface area contributed by atoms with Crippen LogP contribution < -0.4 is 9.47 Å². The number of aliphatic imine (C=N–C) groups is 2. The highest BCUT2D eigenvalue weighted by Gasteiger charge is 2.27. The number of methoxy groups -OCH3 is 2. The Morgan fingerprint density at radius 3 is 1.53 bits per heavy atom. The molecule has 0 aliphatic carbocycles. The Morgan fingerprint density at radius 1 is 0.603 bits per heavy atom. The van der Waals surface area contributed by atoms with Crippen LogP contribution in [0.2, 0.25) is 0 Å². The maximum absolute atomic E-state index is 9.47. The topological polar surface area (TPSA) is 79.1 Å². The first-order valence-corrected chi connectivity index (χ1v) is 21.0. The molecule has 0 saturated heterocycles. The number of nitrogens with zero attached hydrogens (tertiary/aromatic N) is 4. The van der Waals surface area contributed by atoms with E-state index in [0.717, 1.165) is 69.9 Å². The number of ether oxygens (including phenoxy) is 3. The van der Waals surface area contributed by atoms with Crippen LogP contribution in [-0.2, 0) is 37.0 Å². The third-order valence-corrected chi connectivity index (χ3v) is 11.6.